The summed E-state index contributed by atoms with van der Waals surface area (Å²) >= 11 is 0. The molecule has 1 aliphatic heterocycles. The van der Waals surface area contributed by atoms with Crippen LogP contribution in [0.5, 0.6) is 0 Å². The Kier molecular flexibility index (Phi) is 4.97. The summed E-state index contributed by atoms with van der Waals surface area (Å²) in [5.41, 5.74) is 3.98. The lowest BCUT2D eigenvalue weighted by Crippen LogP contribution is -2.57. The number of piperidine rings is 1. The van der Waals surface area contributed by atoms with E-state index in [0.29, 0.717) is 25.9 Å². The van der Waals surface area contributed by atoms with E-state index in [4.69, 9.17) is 5.73 Å². The fourth-order valence-corrected chi connectivity index (χ4v) is 2.54. The van der Waals surface area contributed by atoms with E-state index < -0.39 is 17.5 Å². The number of urea groups is 1. The number of hydrogen-bond donors (Lipinski definition) is 2. The third kappa shape index (κ3) is 3.20. The van der Waals surface area contributed by atoms with Crippen LogP contribution in [-0.2, 0) is 9.59 Å². The second-order valence-corrected chi connectivity index (χ2v) is 5.57. The molecule has 0 aliphatic carbocycles. The number of carbonyl (C=O) groups excluding carboxylic acids is 2. The Labute approximate surface area is 118 Å². The fourth-order valence-electron chi connectivity index (χ4n) is 2.54. The van der Waals surface area contributed by atoms with Crippen molar-refractivity contribution >= 4 is 17.9 Å². The second-order valence-electron chi connectivity index (χ2n) is 5.57. The minimum Gasteiger partial charge on any atom is -0.480 e. The summed E-state index contributed by atoms with van der Waals surface area (Å²) in [6.07, 6.45) is 1.35. The zero-order chi connectivity index (χ0) is 15.5. The zero-order valence-corrected chi connectivity index (χ0v) is 12.3. The number of hydrogen-bond acceptors (Lipinski definition) is 3. The summed E-state index contributed by atoms with van der Waals surface area (Å²) in [5.74, 6) is -1.66. The maximum absolute atomic E-state index is 12.5. The van der Waals surface area contributed by atoms with Gasteiger partial charge in [-0.2, -0.15) is 0 Å². The molecule has 1 heterocycles. The Bertz CT molecular complexity index is 408. The predicted molar refractivity (Wildman–Crippen MR) is 73.0 cm³/mol. The topological polar surface area (TPSA) is 104 Å². The van der Waals surface area contributed by atoms with Crippen LogP contribution in [-0.4, -0.2) is 58.0 Å². The third-order valence-electron chi connectivity index (χ3n) is 3.86. The van der Waals surface area contributed by atoms with Crippen molar-refractivity contribution in [3.63, 3.8) is 0 Å². The minimum atomic E-state index is -1.26. The van der Waals surface area contributed by atoms with E-state index in [2.05, 4.69) is 0 Å². The van der Waals surface area contributed by atoms with E-state index in [1.807, 2.05) is 0 Å². The molecule has 1 aliphatic rings. The van der Waals surface area contributed by atoms with Crippen molar-refractivity contribution in [1.29, 1.82) is 0 Å². The van der Waals surface area contributed by atoms with Gasteiger partial charge in [-0.05, 0) is 33.6 Å². The Balaban J connectivity index is 2.86. The summed E-state index contributed by atoms with van der Waals surface area (Å²) in [4.78, 5) is 37.8. The van der Waals surface area contributed by atoms with Gasteiger partial charge in [-0.25, -0.2) is 9.59 Å². The molecule has 0 aromatic carbocycles. The van der Waals surface area contributed by atoms with Crippen molar-refractivity contribution in [3.8, 4) is 0 Å². The number of carboxylic acid groups (broad SMARTS) is 1. The van der Waals surface area contributed by atoms with Gasteiger partial charge >= 0.3 is 12.0 Å². The Morgan fingerprint density at radius 1 is 1.40 bits per heavy atom. The molecule has 114 valence electrons. The number of carboxylic acids is 1. The molecular weight excluding hydrogens is 262 g/mol. The second kappa shape index (κ2) is 6.11. The molecule has 7 heteroatoms. The average Bonchev–Trinajstić information content (AvgIpc) is 2.39. The summed E-state index contributed by atoms with van der Waals surface area (Å²) in [6, 6.07) is -0.539. The highest BCUT2D eigenvalue weighted by molar-refractivity contribution is 5.88. The molecule has 7 nitrogen and oxygen atoms in total. The first kappa shape index (κ1) is 16.3. The van der Waals surface area contributed by atoms with Gasteiger partial charge in [0, 0.05) is 19.6 Å². The van der Waals surface area contributed by atoms with Crippen LogP contribution in [0.25, 0.3) is 0 Å². The van der Waals surface area contributed by atoms with E-state index >= 15 is 0 Å². The summed E-state index contributed by atoms with van der Waals surface area (Å²) < 4.78 is 0. The molecule has 1 fully saturated rings. The lowest BCUT2D eigenvalue weighted by atomic mass is 9.93. The monoisotopic (exact) mass is 285 g/mol. The SMILES string of the molecule is CCN(C(=O)C1CCCN(C(N)=O)C1)C(C)(C)C(=O)O. The lowest BCUT2D eigenvalue weighted by molar-refractivity contribution is -0.159. The first-order valence-electron chi connectivity index (χ1n) is 6.81. The van der Waals surface area contributed by atoms with Gasteiger partial charge in [0.1, 0.15) is 5.54 Å². The first-order valence-corrected chi connectivity index (χ1v) is 6.81. The largest absolute Gasteiger partial charge is 0.480 e. The Morgan fingerprint density at radius 2 is 2.00 bits per heavy atom. The van der Waals surface area contributed by atoms with Crippen molar-refractivity contribution in [2.24, 2.45) is 11.7 Å². The van der Waals surface area contributed by atoms with Crippen molar-refractivity contribution in [1.82, 2.24) is 9.80 Å². The van der Waals surface area contributed by atoms with Gasteiger partial charge in [-0.15, -0.1) is 0 Å². The van der Waals surface area contributed by atoms with Crippen LogP contribution in [0.4, 0.5) is 4.79 Å². The molecular formula is C13H23N3O4. The third-order valence-corrected chi connectivity index (χ3v) is 3.86. The molecule has 1 unspecified atom stereocenters. The number of nitrogens with zero attached hydrogens (tertiary/aromatic N) is 2. The summed E-state index contributed by atoms with van der Waals surface area (Å²) in [6.45, 7) is 5.88. The highest BCUT2D eigenvalue weighted by atomic mass is 16.4. The molecule has 3 N–H and O–H groups in total. The van der Waals surface area contributed by atoms with Crippen molar-refractivity contribution in [2.75, 3.05) is 19.6 Å². The molecule has 20 heavy (non-hydrogen) atoms. The zero-order valence-electron chi connectivity index (χ0n) is 12.3. The predicted octanol–water partition coefficient (Wildman–Crippen LogP) is 0.489. The summed E-state index contributed by atoms with van der Waals surface area (Å²) in [7, 11) is 0. The van der Waals surface area contributed by atoms with Gasteiger partial charge in [0.25, 0.3) is 0 Å². The number of likely N-dealkylation sites (N-methyl/N-ethyl adjacent to an activating group) is 1. The van der Waals surface area contributed by atoms with Gasteiger partial charge in [-0.1, -0.05) is 0 Å². The van der Waals surface area contributed by atoms with E-state index in [1.165, 1.54) is 23.6 Å². The highest BCUT2D eigenvalue weighted by Gasteiger charge is 2.40. The average molecular weight is 285 g/mol. The summed E-state index contributed by atoms with van der Waals surface area (Å²) in [5, 5.41) is 9.25. The van der Waals surface area contributed by atoms with Crippen LogP contribution in [0.1, 0.15) is 33.6 Å². The van der Waals surface area contributed by atoms with Gasteiger partial charge in [-0.3, -0.25) is 4.79 Å². The maximum atomic E-state index is 12.5. The highest BCUT2D eigenvalue weighted by Crippen LogP contribution is 2.23. The van der Waals surface area contributed by atoms with E-state index in [-0.39, 0.29) is 18.4 Å². The molecule has 0 aromatic heterocycles. The Morgan fingerprint density at radius 3 is 2.45 bits per heavy atom. The smallest absolute Gasteiger partial charge is 0.329 e. The lowest BCUT2D eigenvalue weighted by Gasteiger charge is -2.39. The molecule has 0 aromatic rings. The normalized spacial score (nSPS) is 19.6. The molecule has 0 radical (unpaired) electrons. The molecule has 1 rings (SSSR count). The van der Waals surface area contributed by atoms with Crippen LogP contribution in [0, 0.1) is 5.92 Å². The molecule has 0 saturated carbocycles. The number of primary amides is 1. The number of carbonyl (C=O) groups is 3. The molecule has 0 bridgehead atoms. The van der Waals surface area contributed by atoms with E-state index in [9.17, 15) is 19.5 Å². The standard InChI is InChI=1S/C13H23N3O4/c1-4-16(13(2,3)11(18)19)10(17)9-6-5-7-15(8-9)12(14)20/h9H,4-8H2,1-3H3,(H2,14,20)(H,18,19). The van der Waals surface area contributed by atoms with Crippen molar-refractivity contribution in [3.05, 3.63) is 0 Å². The number of nitrogens with two attached hydrogens (primary N) is 1. The molecule has 1 atom stereocenters. The van der Waals surface area contributed by atoms with Crippen LogP contribution < -0.4 is 5.73 Å². The van der Waals surface area contributed by atoms with Crippen LogP contribution in [0.2, 0.25) is 0 Å². The number of likely N-dealkylation sites (tertiary alicyclic amines) is 1. The van der Waals surface area contributed by atoms with Crippen LogP contribution in [0.3, 0.4) is 0 Å². The molecule has 3 amide bonds. The number of aliphatic carboxylic acids is 1. The quantitative estimate of drug-likeness (QED) is 0.784. The minimum absolute atomic E-state index is 0.231. The van der Waals surface area contributed by atoms with Gasteiger partial charge < -0.3 is 20.6 Å². The maximum Gasteiger partial charge on any atom is 0.329 e. The van der Waals surface area contributed by atoms with Crippen molar-refractivity contribution in [2.45, 2.75) is 39.2 Å². The molecule has 0 spiro atoms. The van der Waals surface area contributed by atoms with Crippen molar-refractivity contribution < 1.29 is 19.5 Å². The molecule has 1 saturated heterocycles. The number of rotatable bonds is 4. The van der Waals surface area contributed by atoms with Gasteiger partial charge in [0.05, 0.1) is 5.92 Å². The van der Waals surface area contributed by atoms with E-state index in [1.54, 1.807) is 6.92 Å². The van der Waals surface area contributed by atoms with E-state index in [0.717, 1.165) is 0 Å². The first-order chi connectivity index (χ1) is 9.21. The number of amides is 3. The Hall–Kier alpha value is -1.79. The van der Waals surface area contributed by atoms with Crippen LogP contribution in [0.15, 0.2) is 0 Å². The van der Waals surface area contributed by atoms with Crippen LogP contribution >= 0.6 is 0 Å². The van der Waals surface area contributed by atoms with Gasteiger partial charge in [0.15, 0.2) is 0 Å². The fraction of sp³-hybridized carbons (Fsp3) is 0.769. The van der Waals surface area contributed by atoms with Gasteiger partial charge in [0.2, 0.25) is 5.91 Å².